The van der Waals surface area contributed by atoms with Gasteiger partial charge >= 0.3 is 5.97 Å². The molecule has 1 aliphatic heterocycles. The van der Waals surface area contributed by atoms with Gasteiger partial charge in [-0.15, -0.1) is 0 Å². The number of methoxy groups -OCH3 is 1. The van der Waals surface area contributed by atoms with Gasteiger partial charge in [-0.3, -0.25) is 4.79 Å². The van der Waals surface area contributed by atoms with E-state index in [9.17, 15) is 9.90 Å². The van der Waals surface area contributed by atoms with Crippen LogP contribution in [0, 0.1) is 5.92 Å². The van der Waals surface area contributed by atoms with Gasteiger partial charge in [0.25, 0.3) is 0 Å². The van der Waals surface area contributed by atoms with Crippen LogP contribution in [0.3, 0.4) is 0 Å². The quantitative estimate of drug-likeness (QED) is 0.752. The van der Waals surface area contributed by atoms with E-state index in [-0.39, 0.29) is 23.7 Å². The summed E-state index contributed by atoms with van der Waals surface area (Å²) >= 11 is 0. The molecule has 4 nitrogen and oxygen atoms in total. The van der Waals surface area contributed by atoms with Gasteiger partial charge in [0.1, 0.15) is 0 Å². The molecule has 1 spiro atoms. The lowest BCUT2D eigenvalue weighted by Crippen LogP contribution is -2.58. The van der Waals surface area contributed by atoms with Gasteiger partial charge in [0.2, 0.25) is 0 Å². The smallest absolute Gasteiger partial charge is 0.307 e. The lowest BCUT2D eigenvalue weighted by Gasteiger charge is -2.45. The van der Waals surface area contributed by atoms with Crippen LogP contribution < -0.4 is 5.32 Å². The lowest BCUT2D eigenvalue weighted by atomic mass is 9.75. The van der Waals surface area contributed by atoms with Crippen molar-refractivity contribution in [1.29, 1.82) is 0 Å². The van der Waals surface area contributed by atoms with Crippen molar-refractivity contribution < 1.29 is 14.6 Å². The van der Waals surface area contributed by atoms with Crippen molar-refractivity contribution in [2.24, 2.45) is 5.92 Å². The standard InChI is InChI=1S/C14H25NO3/c1-10(16)12-6-4-8-14(12)7-3-5-11(15-14)9-13(17)18-2/h10-12,15-16H,3-9H2,1-2H3/t10-,11-,12+,14+/m0/s1. The fraction of sp³-hybridized carbons (Fsp3) is 0.929. The number of rotatable bonds is 3. The van der Waals surface area contributed by atoms with Gasteiger partial charge in [0.05, 0.1) is 19.6 Å². The highest BCUT2D eigenvalue weighted by Gasteiger charge is 2.47. The zero-order chi connectivity index (χ0) is 13.2. The Kier molecular flexibility index (Phi) is 4.28. The maximum atomic E-state index is 11.4. The lowest BCUT2D eigenvalue weighted by molar-refractivity contribution is -0.141. The zero-order valence-corrected chi connectivity index (χ0v) is 11.4. The number of carbonyl (C=O) groups excluding carboxylic acids is 1. The van der Waals surface area contributed by atoms with Gasteiger partial charge in [-0.25, -0.2) is 0 Å². The predicted molar refractivity (Wildman–Crippen MR) is 69.2 cm³/mol. The molecule has 4 heteroatoms. The Morgan fingerprint density at radius 2 is 2.11 bits per heavy atom. The van der Waals surface area contributed by atoms with Crippen LogP contribution in [-0.4, -0.2) is 35.9 Å². The summed E-state index contributed by atoms with van der Waals surface area (Å²) in [6.45, 7) is 1.89. The topological polar surface area (TPSA) is 58.6 Å². The first-order valence-corrected chi connectivity index (χ1v) is 7.10. The second-order valence-corrected chi connectivity index (χ2v) is 5.91. The normalized spacial score (nSPS) is 37.7. The molecule has 0 aromatic heterocycles. The van der Waals surface area contributed by atoms with E-state index < -0.39 is 0 Å². The number of ether oxygens (including phenoxy) is 1. The summed E-state index contributed by atoms with van der Waals surface area (Å²) in [4.78, 5) is 11.4. The Hall–Kier alpha value is -0.610. The molecule has 0 aromatic rings. The molecule has 0 unspecified atom stereocenters. The number of aliphatic hydroxyl groups excluding tert-OH is 1. The molecule has 0 radical (unpaired) electrons. The van der Waals surface area contributed by atoms with Crippen molar-refractivity contribution in [3.63, 3.8) is 0 Å². The molecular weight excluding hydrogens is 230 g/mol. The second-order valence-electron chi connectivity index (χ2n) is 5.91. The van der Waals surface area contributed by atoms with E-state index in [1.165, 1.54) is 13.5 Å². The summed E-state index contributed by atoms with van der Waals surface area (Å²) in [5, 5.41) is 13.6. The Morgan fingerprint density at radius 3 is 2.72 bits per heavy atom. The maximum absolute atomic E-state index is 11.4. The third-order valence-corrected chi connectivity index (χ3v) is 4.74. The summed E-state index contributed by atoms with van der Waals surface area (Å²) < 4.78 is 4.75. The first kappa shape index (κ1) is 13.8. The molecular formula is C14H25NO3. The first-order valence-electron chi connectivity index (χ1n) is 7.10. The maximum Gasteiger partial charge on any atom is 0.307 e. The number of hydrogen-bond acceptors (Lipinski definition) is 4. The van der Waals surface area contributed by atoms with Crippen LogP contribution in [0.4, 0.5) is 0 Å². The van der Waals surface area contributed by atoms with E-state index in [1.54, 1.807) is 0 Å². The zero-order valence-electron chi connectivity index (χ0n) is 11.4. The van der Waals surface area contributed by atoms with Crippen LogP contribution in [0.15, 0.2) is 0 Å². The number of piperidine rings is 1. The predicted octanol–water partition coefficient (Wildman–Crippen LogP) is 1.61. The van der Waals surface area contributed by atoms with Crippen LogP contribution >= 0.6 is 0 Å². The van der Waals surface area contributed by atoms with Gasteiger partial charge in [0, 0.05) is 17.5 Å². The number of carbonyl (C=O) groups is 1. The van der Waals surface area contributed by atoms with Crippen molar-refractivity contribution in [2.45, 2.75) is 69.6 Å². The highest BCUT2D eigenvalue weighted by atomic mass is 16.5. The molecule has 0 amide bonds. The largest absolute Gasteiger partial charge is 0.469 e. The van der Waals surface area contributed by atoms with Gasteiger partial charge in [-0.1, -0.05) is 12.8 Å². The molecule has 1 saturated heterocycles. The van der Waals surface area contributed by atoms with Crippen molar-refractivity contribution in [1.82, 2.24) is 5.32 Å². The SMILES string of the molecule is COC(=O)C[C@@H]1CCC[C@]2(CCC[C@@H]2[C@H](C)O)N1. The van der Waals surface area contributed by atoms with Gasteiger partial charge in [0.15, 0.2) is 0 Å². The highest BCUT2D eigenvalue weighted by molar-refractivity contribution is 5.69. The summed E-state index contributed by atoms with van der Waals surface area (Å²) in [5.41, 5.74) is 0.0606. The summed E-state index contributed by atoms with van der Waals surface area (Å²) in [6, 6.07) is 0.213. The molecule has 2 rings (SSSR count). The van der Waals surface area contributed by atoms with Crippen LogP contribution in [0.1, 0.15) is 51.9 Å². The van der Waals surface area contributed by atoms with E-state index in [0.29, 0.717) is 12.3 Å². The third kappa shape index (κ3) is 2.69. The van der Waals surface area contributed by atoms with Crippen molar-refractivity contribution in [3.8, 4) is 0 Å². The molecule has 4 atom stereocenters. The summed E-state index contributed by atoms with van der Waals surface area (Å²) in [7, 11) is 1.44. The molecule has 0 aromatic carbocycles. The molecule has 1 heterocycles. The van der Waals surface area contributed by atoms with Crippen LogP contribution in [-0.2, 0) is 9.53 Å². The molecule has 0 bridgehead atoms. The Bertz CT molecular complexity index is 305. The highest BCUT2D eigenvalue weighted by Crippen LogP contribution is 2.44. The van der Waals surface area contributed by atoms with Crippen LogP contribution in [0.25, 0.3) is 0 Å². The van der Waals surface area contributed by atoms with Crippen LogP contribution in [0.2, 0.25) is 0 Å². The van der Waals surface area contributed by atoms with E-state index in [1.807, 2.05) is 6.92 Å². The van der Waals surface area contributed by atoms with E-state index in [2.05, 4.69) is 5.32 Å². The van der Waals surface area contributed by atoms with Crippen molar-refractivity contribution in [2.75, 3.05) is 7.11 Å². The minimum absolute atomic E-state index is 0.0606. The van der Waals surface area contributed by atoms with Crippen molar-refractivity contribution in [3.05, 3.63) is 0 Å². The first-order chi connectivity index (χ1) is 8.57. The third-order valence-electron chi connectivity index (χ3n) is 4.74. The van der Waals surface area contributed by atoms with Gasteiger partial charge < -0.3 is 15.2 Å². The average molecular weight is 255 g/mol. The number of nitrogens with one attached hydrogen (secondary N) is 1. The summed E-state index contributed by atoms with van der Waals surface area (Å²) in [6.07, 6.45) is 6.87. The molecule has 2 N–H and O–H groups in total. The van der Waals surface area contributed by atoms with Gasteiger partial charge in [-0.05, 0) is 32.6 Å². The molecule has 2 fully saturated rings. The summed E-state index contributed by atoms with van der Waals surface area (Å²) in [5.74, 6) is 0.189. The average Bonchev–Trinajstić information content (AvgIpc) is 2.72. The molecule has 2 aliphatic rings. The molecule has 1 aliphatic carbocycles. The number of esters is 1. The molecule has 18 heavy (non-hydrogen) atoms. The fourth-order valence-corrected chi connectivity index (χ4v) is 3.94. The number of aliphatic hydroxyl groups is 1. The monoisotopic (exact) mass is 255 g/mol. The Balaban J connectivity index is 2.02. The minimum atomic E-state index is -0.267. The Labute approximate surface area is 109 Å². The number of hydrogen-bond donors (Lipinski definition) is 2. The molecule has 104 valence electrons. The van der Waals surface area contributed by atoms with E-state index >= 15 is 0 Å². The van der Waals surface area contributed by atoms with Crippen LogP contribution in [0.5, 0.6) is 0 Å². The van der Waals surface area contributed by atoms with E-state index in [4.69, 9.17) is 4.74 Å². The van der Waals surface area contributed by atoms with E-state index in [0.717, 1.165) is 32.1 Å². The molecule has 1 saturated carbocycles. The fourth-order valence-electron chi connectivity index (χ4n) is 3.94. The second kappa shape index (κ2) is 5.57. The van der Waals surface area contributed by atoms with Gasteiger partial charge in [-0.2, -0.15) is 0 Å². The Morgan fingerprint density at radius 1 is 1.44 bits per heavy atom. The van der Waals surface area contributed by atoms with Crippen molar-refractivity contribution >= 4 is 5.97 Å². The minimum Gasteiger partial charge on any atom is -0.469 e.